The van der Waals surface area contributed by atoms with Crippen LogP contribution in [0.2, 0.25) is 0 Å². The summed E-state index contributed by atoms with van der Waals surface area (Å²) in [6.07, 6.45) is 7.87. The third-order valence-corrected chi connectivity index (χ3v) is 3.27. The van der Waals surface area contributed by atoms with Gasteiger partial charge in [-0.3, -0.25) is 0 Å². The zero-order valence-electron chi connectivity index (χ0n) is 9.90. The molecule has 0 saturated heterocycles. The molecule has 2 aromatic rings. The Morgan fingerprint density at radius 3 is 1.82 bits per heavy atom. The number of benzene rings is 2. The molecule has 0 bridgehead atoms. The second-order valence-corrected chi connectivity index (χ2v) is 4.11. The topological polar surface area (TPSA) is 0 Å². The minimum atomic E-state index is 0. The van der Waals surface area contributed by atoms with Gasteiger partial charge in [-0.2, -0.15) is 0 Å². The van der Waals surface area contributed by atoms with Gasteiger partial charge in [-0.25, -0.2) is 0 Å². The quantitative estimate of drug-likeness (QED) is 0.371. The molecule has 1 aliphatic rings. The van der Waals surface area contributed by atoms with Crippen LogP contribution in [0.5, 0.6) is 0 Å². The fourth-order valence-electron chi connectivity index (χ4n) is 2.58. The first-order valence-electron chi connectivity index (χ1n) is 5.49. The second-order valence-electron chi connectivity index (χ2n) is 4.11. The number of hydrogen-bond donors (Lipinski definition) is 0. The summed E-state index contributed by atoms with van der Waals surface area (Å²) >= 11 is 0. The Hall–Kier alpha value is -1.40. The molecular formula is C16H11Li. The maximum atomic E-state index is 7.20. The molecule has 3 rings (SSSR count). The monoisotopic (exact) mass is 210 g/mol. The van der Waals surface area contributed by atoms with Gasteiger partial charge >= 0.3 is 18.9 Å². The van der Waals surface area contributed by atoms with Crippen molar-refractivity contribution in [3.8, 4) is 17.0 Å². The SMILES string of the molecule is [C-]#CCC1c2ccccc2-c2ccccc21.[Li+]. The molecule has 0 nitrogen and oxygen atoms in total. The van der Waals surface area contributed by atoms with Crippen molar-refractivity contribution in [2.24, 2.45) is 0 Å². The predicted octanol–water partition coefficient (Wildman–Crippen LogP) is 0.783. The first kappa shape index (κ1) is 12.1. The third-order valence-electron chi connectivity index (χ3n) is 3.27. The Morgan fingerprint density at radius 1 is 0.882 bits per heavy atom. The maximum absolute atomic E-state index is 7.20. The van der Waals surface area contributed by atoms with Crippen LogP contribution in [0, 0.1) is 12.3 Å². The van der Waals surface area contributed by atoms with Gasteiger partial charge in [-0.05, 0) is 28.7 Å². The van der Waals surface area contributed by atoms with E-state index in [9.17, 15) is 0 Å². The first-order chi connectivity index (χ1) is 7.92. The van der Waals surface area contributed by atoms with Crippen molar-refractivity contribution in [1.82, 2.24) is 0 Å². The van der Waals surface area contributed by atoms with Crippen LogP contribution in [-0.2, 0) is 0 Å². The summed E-state index contributed by atoms with van der Waals surface area (Å²) in [6, 6.07) is 17.0. The summed E-state index contributed by atoms with van der Waals surface area (Å²) in [6.45, 7) is 0. The van der Waals surface area contributed by atoms with Gasteiger partial charge in [0.25, 0.3) is 0 Å². The van der Waals surface area contributed by atoms with Crippen molar-refractivity contribution in [3.63, 3.8) is 0 Å². The fourth-order valence-corrected chi connectivity index (χ4v) is 2.58. The summed E-state index contributed by atoms with van der Waals surface area (Å²) < 4.78 is 0. The molecule has 2 aromatic carbocycles. The molecule has 0 heterocycles. The van der Waals surface area contributed by atoms with E-state index in [1.54, 1.807) is 0 Å². The molecule has 1 heteroatoms. The first-order valence-corrected chi connectivity index (χ1v) is 5.49. The van der Waals surface area contributed by atoms with Crippen LogP contribution in [0.15, 0.2) is 48.5 Å². The van der Waals surface area contributed by atoms with Gasteiger partial charge in [0.2, 0.25) is 0 Å². The summed E-state index contributed by atoms with van der Waals surface area (Å²) in [5, 5.41) is 0. The normalized spacial score (nSPS) is 12.2. The van der Waals surface area contributed by atoms with Gasteiger partial charge in [-0.1, -0.05) is 48.5 Å². The molecule has 0 unspecified atom stereocenters. The second kappa shape index (κ2) is 4.85. The molecule has 17 heavy (non-hydrogen) atoms. The van der Waals surface area contributed by atoms with Gasteiger partial charge in [0.15, 0.2) is 0 Å². The average molecular weight is 210 g/mol. The Balaban J connectivity index is 0.00000108. The predicted molar refractivity (Wildman–Crippen MR) is 65.5 cm³/mol. The van der Waals surface area contributed by atoms with Crippen LogP contribution in [-0.4, -0.2) is 0 Å². The number of fused-ring (bicyclic) bond motifs is 3. The van der Waals surface area contributed by atoms with Gasteiger partial charge in [-0.15, -0.1) is 0 Å². The van der Waals surface area contributed by atoms with Crippen LogP contribution >= 0.6 is 0 Å². The van der Waals surface area contributed by atoms with Crippen molar-refractivity contribution in [2.45, 2.75) is 12.3 Å². The zero-order valence-corrected chi connectivity index (χ0v) is 9.90. The van der Waals surface area contributed by atoms with E-state index in [1.807, 2.05) is 0 Å². The largest absolute Gasteiger partial charge is 1.00 e. The minimum Gasteiger partial charge on any atom is -0.694 e. The Kier molecular flexibility index (Phi) is 3.44. The third kappa shape index (κ3) is 1.83. The van der Waals surface area contributed by atoms with Gasteiger partial charge in [0.05, 0.1) is 0 Å². The average Bonchev–Trinajstić information content (AvgIpc) is 2.66. The van der Waals surface area contributed by atoms with Crippen LogP contribution < -0.4 is 18.9 Å². The van der Waals surface area contributed by atoms with Gasteiger partial charge in [0, 0.05) is 5.92 Å². The Bertz CT molecular complexity index is 533. The van der Waals surface area contributed by atoms with E-state index in [-0.39, 0.29) is 18.9 Å². The molecule has 0 saturated carbocycles. The summed E-state index contributed by atoms with van der Waals surface area (Å²) in [4.78, 5) is 0. The summed E-state index contributed by atoms with van der Waals surface area (Å²) in [5.41, 5.74) is 5.31. The summed E-state index contributed by atoms with van der Waals surface area (Å²) in [5.74, 6) is 2.87. The van der Waals surface area contributed by atoms with Crippen molar-refractivity contribution in [2.75, 3.05) is 0 Å². The molecular weight excluding hydrogens is 199 g/mol. The molecule has 76 valence electrons. The minimum absolute atomic E-state index is 0. The van der Waals surface area contributed by atoms with Crippen molar-refractivity contribution in [3.05, 3.63) is 66.1 Å². The molecule has 0 atom stereocenters. The van der Waals surface area contributed by atoms with Crippen molar-refractivity contribution >= 4 is 0 Å². The van der Waals surface area contributed by atoms with Crippen LogP contribution in [0.1, 0.15) is 23.5 Å². The van der Waals surface area contributed by atoms with Crippen molar-refractivity contribution < 1.29 is 18.9 Å². The number of rotatable bonds is 1. The fraction of sp³-hybridized carbons (Fsp3) is 0.125. The van der Waals surface area contributed by atoms with E-state index in [1.165, 1.54) is 22.3 Å². The standard InChI is InChI=1S/C16H11.Li/c1-2-7-12-13-8-3-5-10-15(13)16-11-6-4-9-14(12)16;/h3-6,8-12H,7H2;/q-1;+1. The molecule has 0 amide bonds. The molecule has 1 aliphatic carbocycles. The molecule has 0 spiro atoms. The maximum Gasteiger partial charge on any atom is 1.00 e. The summed E-state index contributed by atoms with van der Waals surface area (Å²) in [7, 11) is 0. The Labute approximate surface area is 114 Å². The molecule has 0 aliphatic heterocycles. The zero-order chi connectivity index (χ0) is 11.0. The van der Waals surface area contributed by atoms with E-state index < -0.39 is 0 Å². The van der Waals surface area contributed by atoms with Crippen molar-refractivity contribution in [1.29, 1.82) is 0 Å². The van der Waals surface area contributed by atoms with Crippen LogP contribution in [0.25, 0.3) is 11.1 Å². The van der Waals surface area contributed by atoms with Crippen LogP contribution in [0.3, 0.4) is 0 Å². The van der Waals surface area contributed by atoms with Gasteiger partial charge < -0.3 is 12.3 Å². The van der Waals surface area contributed by atoms with Gasteiger partial charge in [0.1, 0.15) is 0 Å². The smallest absolute Gasteiger partial charge is 0.694 e. The van der Waals surface area contributed by atoms with E-state index in [2.05, 4.69) is 54.5 Å². The van der Waals surface area contributed by atoms with E-state index in [0.29, 0.717) is 12.3 Å². The van der Waals surface area contributed by atoms with E-state index in [4.69, 9.17) is 6.42 Å². The molecule has 0 aromatic heterocycles. The number of hydrogen-bond acceptors (Lipinski definition) is 0. The Morgan fingerprint density at radius 2 is 1.35 bits per heavy atom. The molecule has 0 fully saturated rings. The molecule has 0 N–H and O–H groups in total. The molecule has 0 radical (unpaired) electrons. The van der Waals surface area contributed by atoms with E-state index in [0.717, 1.165) is 0 Å². The van der Waals surface area contributed by atoms with E-state index >= 15 is 0 Å². The van der Waals surface area contributed by atoms with Crippen LogP contribution in [0.4, 0.5) is 0 Å².